The molecule has 4 amide bonds. The number of carboxylic acid groups (broad SMARTS) is 1. The highest BCUT2D eigenvalue weighted by Crippen LogP contribution is 2.40. The van der Waals surface area contributed by atoms with Crippen LogP contribution in [0.25, 0.3) is 49.3 Å². The third kappa shape index (κ3) is 9.91. The van der Waals surface area contributed by atoms with Crippen LogP contribution in [-0.2, 0) is 23.8 Å². The van der Waals surface area contributed by atoms with Crippen molar-refractivity contribution in [3.63, 3.8) is 0 Å². The third-order valence-electron chi connectivity index (χ3n) is 13.0. The molecule has 15 nitrogen and oxygen atoms in total. The molecule has 0 bridgehead atoms. The van der Waals surface area contributed by atoms with Gasteiger partial charge in [-0.1, -0.05) is 55.6 Å². The second kappa shape index (κ2) is 20.0. The van der Waals surface area contributed by atoms with E-state index in [4.69, 9.17) is 24.2 Å². The van der Waals surface area contributed by atoms with Gasteiger partial charge in [-0.3, -0.25) is 14.6 Å². The molecule has 1 aromatic heterocycles. The lowest BCUT2D eigenvalue weighted by Crippen LogP contribution is -2.56. The van der Waals surface area contributed by atoms with E-state index in [9.17, 15) is 24.3 Å². The number of methoxy groups -OCH3 is 3. The van der Waals surface area contributed by atoms with E-state index in [1.165, 1.54) is 21.3 Å². The second-order valence-corrected chi connectivity index (χ2v) is 22.8. The number of hydrogen-bond acceptors (Lipinski definition) is 9. The average Bonchev–Trinajstić information content (AvgIpc) is 4.11. The molecular weight excluding hydrogens is 883 g/mol. The summed E-state index contributed by atoms with van der Waals surface area (Å²) in [5.74, 6) is 0.178. The van der Waals surface area contributed by atoms with E-state index < -0.39 is 44.6 Å². The molecule has 2 fully saturated rings. The molecule has 4 heterocycles. The quantitative estimate of drug-likeness (QED) is 0.0919. The molecule has 3 aliphatic heterocycles. The molecular formula is C47H59N7O8S2Si. The normalized spacial score (nSPS) is 19.7. The van der Waals surface area contributed by atoms with Gasteiger partial charge in [0.05, 0.1) is 50.5 Å². The first-order valence-corrected chi connectivity index (χ1v) is 24.8. The number of hydrogen-bond donors (Lipinski definition) is 4. The van der Waals surface area contributed by atoms with Crippen LogP contribution < -0.4 is 10.6 Å². The van der Waals surface area contributed by atoms with Gasteiger partial charge in [-0.05, 0) is 95.4 Å². The molecule has 4 N–H and O–H groups in total. The minimum atomic E-state index is -1.85. The van der Waals surface area contributed by atoms with Crippen LogP contribution in [0.3, 0.4) is 0 Å². The Kier molecular flexibility index (Phi) is 15.1. The Hall–Kier alpha value is -5.40. The molecule has 0 spiro atoms. The predicted octanol–water partition coefficient (Wildman–Crippen LogP) is 7.50. The van der Waals surface area contributed by atoms with Gasteiger partial charge in [0, 0.05) is 50.7 Å². The summed E-state index contributed by atoms with van der Waals surface area (Å²) < 4.78 is 15.6. The van der Waals surface area contributed by atoms with Gasteiger partial charge in [0.1, 0.15) is 17.9 Å². The lowest BCUT2D eigenvalue weighted by atomic mass is 9.94. The second-order valence-electron chi connectivity index (χ2n) is 17.7. The Morgan fingerprint density at radius 1 is 0.800 bits per heavy atom. The largest absolute Gasteiger partial charge is 0.465 e. The summed E-state index contributed by atoms with van der Waals surface area (Å²) in [5.41, 5.74) is 6.96. The van der Waals surface area contributed by atoms with Gasteiger partial charge < -0.3 is 44.7 Å². The predicted molar refractivity (Wildman–Crippen MR) is 266 cm³/mol. The number of allylic oxidation sites excluding steroid dienone is 1. The molecule has 65 heavy (non-hydrogen) atoms. The number of ether oxygens (including phenoxy) is 3. The molecule has 8 rings (SSSR count). The number of carbonyl (C=O) groups is 4. The van der Waals surface area contributed by atoms with Gasteiger partial charge in [-0.25, -0.2) is 14.6 Å². The van der Waals surface area contributed by atoms with Crippen molar-refractivity contribution in [3.8, 4) is 11.1 Å². The molecule has 18 heteroatoms. The Morgan fingerprint density at radius 3 is 2.06 bits per heavy atom. The Balaban J connectivity index is 0.00000350. The van der Waals surface area contributed by atoms with Crippen LogP contribution in [0.1, 0.15) is 50.5 Å². The number of aromatic amines is 1. The van der Waals surface area contributed by atoms with Gasteiger partial charge in [0.2, 0.25) is 11.8 Å². The van der Waals surface area contributed by atoms with Gasteiger partial charge >= 0.3 is 12.2 Å². The van der Waals surface area contributed by atoms with Crippen molar-refractivity contribution in [3.05, 3.63) is 84.3 Å². The van der Waals surface area contributed by atoms with Crippen LogP contribution in [0.2, 0.25) is 19.1 Å². The topological polar surface area (TPSA) is 188 Å². The number of amides is 4. The van der Waals surface area contributed by atoms with Gasteiger partial charge in [0.15, 0.2) is 0 Å². The van der Waals surface area contributed by atoms with E-state index in [1.54, 1.807) is 18.7 Å². The van der Waals surface area contributed by atoms with Crippen molar-refractivity contribution in [1.82, 2.24) is 30.4 Å². The lowest BCUT2D eigenvalue weighted by molar-refractivity contribution is -0.137. The first kappa shape index (κ1) is 49.0. The summed E-state index contributed by atoms with van der Waals surface area (Å²) in [6, 6.07) is 21.9. The standard InChI is InChI=1S/C47H55N7O8Si.2H2S/c1-26(60-3)40(51-46(57)58)45(56)54-25-63(6,7)24-39(54)43-49-36-17-15-33-21-31(14-16-35(33)42(36)50-43)29-10-11-30-20-32(13-12-28(30)19-29)34-22-37(48-23-34)38-9-8-18-53(38)44(55)41(27(2)61-4)52-47(59)62-5;;/h10-17,19-21,23,26-27,38-41,51H,8-9,18,22,24-25H2,1-7H3,(H,49,50)(H,52,59)(H,57,58);2*1H2/t26?,27-,38-,39-,40-,41?;;/m0../s1. The zero-order valence-electron chi connectivity index (χ0n) is 37.7. The average molecular weight is 942 g/mol. The fraction of sp³-hybridized carbons (Fsp3) is 0.404. The summed E-state index contributed by atoms with van der Waals surface area (Å²) in [6.45, 7) is 8.49. The number of likely N-dealkylation sites (tertiary alicyclic amines) is 1. The van der Waals surface area contributed by atoms with Crippen molar-refractivity contribution in [1.29, 1.82) is 0 Å². The molecule has 0 radical (unpaired) electrons. The molecule has 2 saturated heterocycles. The number of nitrogens with one attached hydrogen (secondary N) is 3. The molecule has 4 aromatic carbocycles. The molecule has 0 saturated carbocycles. The Bertz CT molecular complexity index is 2690. The summed E-state index contributed by atoms with van der Waals surface area (Å²) in [4.78, 5) is 68.4. The summed E-state index contributed by atoms with van der Waals surface area (Å²) in [7, 11) is 2.40. The minimum absolute atomic E-state index is 0. The summed E-state index contributed by atoms with van der Waals surface area (Å²) in [5, 5.41) is 18.8. The van der Waals surface area contributed by atoms with E-state index in [0.29, 0.717) is 25.0 Å². The smallest absolute Gasteiger partial charge is 0.407 e. The van der Waals surface area contributed by atoms with E-state index in [2.05, 4.69) is 89.4 Å². The monoisotopic (exact) mass is 941 g/mol. The van der Waals surface area contributed by atoms with Gasteiger partial charge in [0.25, 0.3) is 0 Å². The maximum atomic E-state index is 13.9. The van der Waals surface area contributed by atoms with E-state index in [1.807, 2.05) is 17.2 Å². The number of aromatic nitrogens is 2. The highest BCUT2D eigenvalue weighted by molar-refractivity contribution is 7.59. The van der Waals surface area contributed by atoms with Crippen molar-refractivity contribution >= 4 is 103 Å². The number of benzene rings is 4. The Morgan fingerprint density at radius 2 is 1.40 bits per heavy atom. The summed E-state index contributed by atoms with van der Waals surface area (Å²) in [6.07, 6.45) is 1.63. The maximum Gasteiger partial charge on any atom is 0.407 e. The molecule has 3 aliphatic rings. The van der Waals surface area contributed by atoms with Crippen molar-refractivity contribution < 1.29 is 38.5 Å². The first-order chi connectivity index (χ1) is 30.2. The Labute approximate surface area is 393 Å². The maximum absolute atomic E-state index is 13.9. The van der Waals surface area contributed by atoms with Crippen LogP contribution >= 0.6 is 27.0 Å². The number of nitrogens with zero attached hydrogens (tertiary/aromatic N) is 4. The van der Waals surface area contributed by atoms with Crippen molar-refractivity contribution in [2.24, 2.45) is 4.99 Å². The van der Waals surface area contributed by atoms with Crippen LogP contribution in [-0.4, -0.2) is 127 Å². The summed E-state index contributed by atoms with van der Waals surface area (Å²) >= 11 is 0. The zero-order valence-corrected chi connectivity index (χ0v) is 40.7. The van der Waals surface area contributed by atoms with Crippen LogP contribution in [0, 0.1) is 0 Å². The number of imidazole rings is 1. The van der Waals surface area contributed by atoms with Crippen LogP contribution in [0.5, 0.6) is 0 Å². The number of rotatable bonds is 12. The molecule has 2 unspecified atom stereocenters. The number of fused-ring (bicyclic) bond motifs is 4. The van der Waals surface area contributed by atoms with Crippen molar-refractivity contribution in [2.45, 2.75) is 88.6 Å². The lowest BCUT2D eigenvalue weighted by Gasteiger charge is -2.31. The molecule has 5 aromatic rings. The van der Waals surface area contributed by atoms with Crippen LogP contribution in [0.15, 0.2) is 77.9 Å². The number of aliphatic imine (C=N–C) groups is 1. The van der Waals surface area contributed by atoms with Gasteiger partial charge in [-0.15, -0.1) is 0 Å². The number of carbonyl (C=O) groups excluding carboxylic acids is 3. The van der Waals surface area contributed by atoms with Gasteiger partial charge in [-0.2, -0.15) is 27.0 Å². The SMILES string of the molecule is COC(=O)NC(C(=O)N1CCC[C@H]1C1=NC=C(c2ccc3cc(-c4ccc5c(ccc6[nH]c([C@@H]7C[Si](C)(C)CN7C(=O)[C@@H](NC(=O)O)C(C)OC)nc65)c4)ccc3c2)C1)[C@H](C)OC.S.S. The fourth-order valence-corrected chi connectivity index (χ4v) is 12.3. The minimum Gasteiger partial charge on any atom is -0.465 e. The molecule has 6 atom stereocenters. The van der Waals surface area contributed by atoms with Crippen molar-refractivity contribution in [2.75, 3.05) is 34.0 Å². The van der Waals surface area contributed by atoms with E-state index in [0.717, 1.165) is 79.4 Å². The molecule has 346 valence electrons. The third-order valence-corrected chi connectivity index (χ3v) is 15.7. The highest BCUT2D eigenvalue weighted by atomic mass is 32.1. The number of alkyl carbamates (subject to hydrolysis) is 1. The zero-order chi connectivity index (χ0) is 44.7. The highest BCUT2D eigenvalue weighted by Gasteiger charge is 2.46. The molecule has 0 aliphatic carbocycles. The fourth-order valence-electron chi connectivity index (χ4n) is 9.44. The van der Waals surface area contributed by atoms with E-state index >= 15 is 0 Å². The van der Waals surface area contributed by atoms with Crippen LogP contribution in [0.4, 0.5) is 9.59 Å². The first-order valence-electron chi connectivity index (χ1n) is 21.4. The number of H-pyrrole nitrogens is 1. The van der Waals surface area contributed by atoms with E-state index in [-0.39, 0.29) is 50.9 Å².